The molecule has 0 unspecified atom stereocenters. The average molecular weight is 212 g/mol. The third-order valence-corrected chi connectivity index (χ3v) is 2.27. The van der Waals surface area contributed by atoms with E-state index < -0.39 is 0 Å². The number of pyridine rings is 1. The molecule has 0 saturated carbocycles. The zero-order valence-electron chi connectivity index (χ0n) is 7.87. The van der Waals surface area contributed by atoms with E-state index in [0.717, 1.165) is 5.75 Å². The van der Waals surface area contributed by atoms with Gasteiger partial charge in [-0.05, 0) is 6.26 Å². The van der Waals surface area contributed by atoms with Crippen molar-refractivity contribution in [1.82, 2.24) is 10.3 Å². The SMILES string of the molecule is CSCCNC(=O)c1c[nH]ccc1=O. The van der Waals surface area contributed by atoms with Crippen LogP contribution in [0.1, 0.15) is 10.4 Å². The highest BCUT2D eigenvalue weighted by Crippen LogP contribution is 1.90. The van der Waals surface area contributed by atoms with Gasteiger partial charge >= 0.3 is 0 Å². The molecule has 1 aromatic rings. The summed E-state index contributed by atoms with van der Waals surface area (Å²) in [5.74, 6) is 0.525. The molecular formula is C9H12N2O2S. The lowest BCUT2D eigenvalue weighted by Gasteiger charge is -2.02. The van der Waals surface area contributed by atoms with E-state index in [1.165, 1.54) is 18.5 Å². The van der Waals surface area contributed by atoms with Crippen molar-refractivity contribution in [2.75, 3.05) is 18.6 Å². The number of aromatic nitrogens is 1. The maximum absolute atomic E-state index is 11.4. The summed E-state index contributed by atoms with van der Waals surface area (Å²) in [5.41, 5.74) is -0.0981. The van der Waals surface area contributed by atoms with Crippen LogP contribution in [0, 0.1) is 0 Å². The fraction of sp³-hybridized carbons (Fsp3) is 0.333. The van der Waals surface area contributed by atoms with Gasteiger partial charge in [0.25, 0.3) is 5.91 Å². The van der Waals surface area contributed by atoms with Crippen molar-refractivity contribution in [2.24, 2.45) is 0 Å². The Hall–Kier alpha value is -1.23. The summed E-state index contributed by atoms with van der Waals surface area (Å²) in [6.45, 7) is 0.578. The molecule has 0 aliphatic rings. The van der Waals surface area contributed by atoms with Crippen LogP contribution in [-0.4, -0.2) is 29.4 Å². The van der Waals surface area contributed by atoms with Gasteiger partial charge in [-0.15, -0.1) is 0 Å². The quantitative estimate of drug-likeness (QED) is 0.713. The van der Waals surface area contributed by atoms with Crippen LogP contribution >= 0.6 is 11.8 Å². The van der Waals surface area contributed by atoms with E-state index in [-0.39, 0.29) is 16.9 Å². The molecule has 1 rings (SSSR count). The lowest BCUT2D eigenvalue weighted by atomic mass is 10.2. The molecule has 0 spiro atoms. The second kappa shape index (κ2) is 5.49. The molecule has 4 nitrogen and oxygen atoms in total. The van der Waals surface area contributed by atoms with Crippen molar-refractivity contribution in [3.05, 3.63) is 34.2 Å². The van der Waals surface area contributed by atoms with Crippen LogP contribution in [0.2, 0.25) is 0 Å². The summed E-state index contributed by atoms with van der Waals surface area (Å²) in [5, 5.41) is 2.66. The van der Waals surface area contributed by atoms with Gasteiger partial charge in [-0.1, -0.05) is 0 Å². The van der Waals surface area contributed by atoms with Crippen LogP contribution < -0.4 is 10.7 Å². The summed E-state index contributed by atoms with van der Waals surface area (Å²) in [6.07, 6.45) is 4.87. The molecule has 0 fully saturated rings. The summed E-state index contributed by atoms with van der Waals surface area (Å²) in [6, 6.07) is 1.34. The van der Waals surface area contributed by atoms with Crippen molar-refractivity contribution in [2.45, 2.75) is 0 Å². The van der Waals surface area contributed by atoms with Crippen molar-refractivity contribution in [3.8, 4) is 0 Å². The van der Waals surface area contributed by atoms with Crippen LogP contribution in [0.15, 0.2) is 23.3 Å². The van der Waals surface area contributed by atoms with Gasteiger partial charge in [0.2, 0.25) is 0 Å². The monoisotopic (exact) mass is 212 g/mol. The highest BCUT2D eigenvalue weighted by Gasteiger charge is 2.07. The van der Waals surface area contributed by atoms with Gasteiger partial charge in [-0.2, -0.15) is 11.8 Å². The molecule has 0 radical (unpaired) electrons. The average Bonchev–Trinajstić information content (AvgIpc) is 2.18. The fourth-order valence-electron chi connectivity index (χ4n) is 0.955. The number of carbonyl (C=O) groups excluding carboxylic acids is 1. The number of amides is 1. The molecule has 0 atom stereocenters. The van der Waals surface area contributed by atoms with E-state index in [4.69, 9.17) is 0 Å². The van der Waals surface area contributed by atoms with E-state index in [2.05, 4.69) is 10.3 Å². The third-order valence-electron chi connectivity index (χ3n) is 1.66. The van der Waals surface area contributed by atoms with Gasteiger partial charge in [-0.25, -0.2) is 0 Å². The minimum atomic E-state index is -0.319. The van der Waals surface area contributed by atoms with E-state index in [9.17, 15) is 9.59 Å². The van der Waals surface area contributed by atoms with Crippen molar-refractivity contribution < 1.29 is 4.79 Å². The number of nitrogens with one attached hydrogen (secondary N) is 2. The maximum atomic E-state index is 11.4. The molecule has 2 N–H and O–H groups in total. The smallest absolute Gasteiger partial charge is 0.256 e. The van der Waals surface area contributed by atoms with Gasteiger partial charge in [0.1, 0.15) is 5.56 Å². The number of hydrogen-bond acceptors (Lipinski definition) is 3. The summed E-state index contributed by atoms with van der Waals surface area (Å²) >= 11 is 1.64. The Morgan fingerprint density at radius 2 is 2.43 bits per heavy atom. The minimum absolute atomic E-state index is 0.161. The minimum Gasteiger partial charge on any atom is -0.367 e. The molecule has 76 valence electrons. The molecule has 1 aromatic heterocycles. The number of carbonyl (C=O) groups is 1. The third kappa shape index (κ3) is 2.92. The lowest BCUT2D eigenvalue weighted by Crippen LogP contribution is -2.30. The number of thioether (sulfide) groups is 1. The Morgan fingerprint density at radius 1 is 1.64 bits per heavy atom. The van der Waals surface area contributed by atoms with E-state index in [0.29, 0.717) is 6.54 Å². The molecule has 0 aliphatic heterocycles. The zero-order valence-corrected chi connectivity index (χ0v) is 8.69. The number of aromatic amines is 1. The summed E-state index contributed by atoms with van der Waals surface area (Å²) < 4.78 is 0. The Labute approximate surface area is 86.1 Å². The largest absolute Gasteiger partial charge is 0.367 e. The Kier molecular flexibility index (Phi) is 4.25. The van der Waals surface area contributed by atoms with Gasteiger partial charge in [0.15, 0.2) is 5.43 Å². The first-order valence-electron chi connectivity index (χ1n) is 4.20. The van der Waals surface area contributed by atoms with Gasteiger partial charge in [0, 0.05) is 30.8 Å². The molecule has 5 heteroatoms. The predicted molar refractivity (Wildman–Crippen MR) is 57.8 cm³/mol. The van der Waals surface area contributed by atoms with Gasteiger partial charge in [-0.3, -0.25) is 9.59 Å². The first-order valence-corrected chi connectivity index (χ1v) is 5.59. The molecule has 0 aromatic carbocycles. The van der Waals surface area contributed by atoms with Crippen LogP contribution in [0.25, 0.3) is 0 Å². The number of H-pyrrole nitrogens is 1. The summed E-state index contributed by atoms with van der Waals surface area (Å²) in [4.78, 5) is 25.3. The van der Waals surface area contributed by atoms with Gasteiger partial charge < -0.3 is 10.3 Å². The highest BCUT2D eigenvalue weighted by atomic mass is 32.2. The molecule has 0 bridgehead atoms. The Morgan fingerprint density at radius 3 is 3.07 bits per heavy atom. The van der Waals surface area contributed by atoms with Crippen LogP contribution in [0.3, 0.4) is 0 Å². The van der Waals surface area contributed by atoms with E-state index in [1.54, 1.807) is 11.8 Å². The van der Waals surface area contributed by atoms with Gasteiger partial charge in [0.05, 0.1) is 0 Å². The molecule has 0 saturated heterocycles. The molecular weight excluding hydrogens is 200 g/mol. The predicted octanol–water partition coefficient (Wildman–Crippen LogP) is 0.468. The molecule has 1 heterocycles. The second-order valence-electron chi connectivity index (χ2n) is 2.67. The van der Waals surface area contributed by atoms with Crippen LogP contribution in [0.4, 0.5) is 0 Å². The van der Waals surface area contributed by atoms with Crippen molar-refractivity contribution in [1.29, 1.82) is 0 Å². The van der Waals surface area contributed by atoms with E-state index >= 15 is 0 Å². The van der Waals surface area contributed by atoms with E-state index in [1.807, 2.05) is 6.26 Å². The number of hydrogen-bond donors (Lipinski definition) is 2. The molecule has 0 aliphatic carbocycles. The van der Waals surface area contributed by atoms with Crippen LogP contribution in [-0.2, 0) is 0 Å². The molecule has 1 amide bonds. The standard InChI is InChI=1S/C9H12N2O2S/c1-14-5-4-11-9(13)7-6-10-3-2-8(7)12/h2-3,6H,4-5H2,1H3,(H,10,12)(H,11,13). The normalized spacial score (nSPS) is 9.79. The first kappa shape index (κ1) is 10.8. The number of rotatable bonds is 4. The second-order valence-corrected chi connectivity index (χ2v) is 3.66. The topological polar surface area (TPSA) is 62.0 Å². The van der Waals surface area contributed by atoms with Crippen LogP contribution in [0.5, 0.6) is 0 Å². The van der Waals surface area contributed by atoms with Crippen molar-refractivity contribution >= 4 is 17.7 Å². The highest BCUT2D eigenvalue weighted by molar-refractivity contribution is 7.98. The molecule has 14 heavy (non-hydrogen) atoms. The van der Waals surface area contributed by atoms with Crippen molar-refractivity contribution in [3.63, 3.8) is 0 Å². The Bertz CT molecular complexity index is 362. The fourth-order valence-corrected chi connectivity index (χ4v) is 1.26. The zero-order chi connectivity index (χ0) is 10.4. The first-order chi connectivity index (χ1) is 6.75. The lowest BCUT2D eigenvalue weighted by molar-refractivity contribution is 0.0955. The maximum Gasteiger partial charge on any atom is 0.256 e. The summed E-state index contributed by atoms with van der Waals surface area (Å²) in [7, 11) is 0. The Balaban J connectivity index is 2.61.